The van der Waals surface area contributed by atoms with Crippen molar-refractivity contribution in [1.29, 1.82) is 0 Å². The number of aliphatic carboxylic acids is 1. The Kier molecular flexibility index (Phi) is 11.5. The number of aliphatic hydroxyl groups excluding tert-OH is 1. The summed E-state index contributed by atoms with van der Waals surface area (Å²) in [6, 6.07) is -0.820. The van der Waals surface area contributed by atoms with Gasteiger partial charge in [-0.2, -0.15) is 0 Å². The highest BCUT2D eigenvalue weighted by atomic mass is 16.4. The molecule has 0 fully saturated rings. The Labute approximate surface area is 89.0 Å². The molecule has 0 radical (unpaired) electrons. The van der Waals surface area contributed by atoms with Crippen molar-refractivity contribution >= 4 is 11.9 Å². The van der Waals surface area contributed by atoms with Crippen molar-refractivity contribution in [2.45, 2.75) is 25.8 Å². The monoisotopic (exact) mass is 220 g/mol. The predicted molar refractivity (Wildman–Crippen MR) is 58.3 cm³/mol. The van der Waals surface area contributed by atoms with Crippen LogP contribution in [0.4, 0.5) is 0 Å². The molecule has 0 aliphatic heterocycles. The summed E-state index contributed by atoms with van der Waals surface area (Å²) in [4.78, 5) is 13.9. The van der Waals surface area contributed by atoms with E-state index in [1.807, 2.05) is 0 Å². The Morgan fingerprint density at radius 2 is 1.93 bits per heavy atom. The predicted octanol–water partition coefficient (Wildman–Crippen LogP) is -1.55. The molecule has 15 heavy (non-hydrogen) atoms. The van der Waals surface area contributed by atoms with Crippen molar-refractivity contribution in [3.8, 4) is 0 Å². The lowest BCUT2D eigenvalue weighted by molar-refractivity contribution is -0.138. The van der Waals surface area contributed by atoms with Crippen LogP contribution in [0.25, 0.3) is 0 Å². The van der Waals surface area contributed by atoms with E-state index >= 15 is 0 Å². The number of nitrogens with two attached hydrogens (primary N) is 3. The maximum Gasteiger partial charge on any atom is 0.320 e. The Hall–Kier alpha value is -1.34. The van der Waals surface area contributed by atoms with Crippen LogP contribution in [-0.2, 0) is 4.79 Å². The van der Waals surface area contributed by atoms with Gasteiger partial charge >= 0.3 is 5.97 Å². The summed E-state index contributed by atoms with van der Waals surface area (Å²) in [6.07, 6.45) is 0.956. The van der Waals surface area contributed by atoms with Gasteiger partial charge < -0.3 is 27.4 Å². The van der Waals surface area contributed by atoms with Gasteiger partial charge in [-0.3, -0.25) is 9.79 Å². The van der Waals surface area contributed by atoms with Gasteiger partial charge in [0.2, 0.25) is 0 Å². The lowest BCUT2D eigenvalue weighted by Gasteiger charge is -2.03. The molecule has 0 aromatic rings. The molecule has 0 aromatic carbocycles. The Bertz CT molecular complexity index is 192. The zero-order chi connectivity index (χ0) is 12.3. The fraction of sp³-hybridized carbons (Fsp3) is 0.750. The van der Waals surface area contributed by atoms with Crippen molar-refractivity contribution in [2.24, 2.45) is 22.2 Å². The second-order valence-electron chi connectivity index (χ2n) is 2.71. The summed E-state index contributed by atoms with van der Waals surface area (Å²) in [5.74, 6) is -0.987. The van der Waals surface area contributed by atoms with Crippen molar-refractivity contribution in [3.05, 3.63) is 0 Å². The summed E-state index contributed by atoms with van der Waals surface area (Å²) in [6.45, 7) is 2.35. The highest BCUT2D eigenvalue weighted by Gasteiger charge is 2.09. The molecule has 0 aromatic heterocycles. The first-order valence-electron chi connectivity index (χ1n) is 4.60. The van der Waals surface area contributed by atoms with Crippen LogP contribution in [0.5, 0.6) is 0 Å². The van der Waals surface area contributed by atoms with Crippen molar-refractivity contribution < 1.29 is 15.0 Å². The van der Waals surface area contributed by atoms with E-state index in [2.05, 4.69) is 4.99 Å². The van der Waals surface area contributed by atoms with E-state index in [1.165, 1.54) is 0 Å². The van der Waals surface area contributed by atoms with Crippen molar-refractivity contribution in [1.82, 2.24) is 0 Å². The van der Waals surface area contributed by atoms with E-state index in [9.17, 15) is 4.79 Å². The molecule has 0 bridgehead atoms. The molecular formula is C8H20N4O3. The van der Waals surface area contributed by atoms with Crippen LogP contribution in [0.3, 0.4) is 0 Å². The molecule has 0 aliphatic carbocycles. The van der Waals surface area contributed by atoms with Gasteiger partial charge in [-0.1, -0.05) is 0 Å². The van der Waals surface area contributed by atoms with Crippen LogP contribution in [0.15, 0.2) is 4.99 Å². The third-order valence-electron chi connectivity index (χ3n) is 1.28. The van der Waals surface area contributed by atoms with E-state index in [1.54, 1.807) is 6.92 Å². The summed E-state index contributed by atoms with van der Waals surface area (Å²) < 4.78 is 0. The minimum Gasteiger partial charge on any atom is -0.480 e. The first-order valence-corrected chi connectivity index (χ1v) is 4.60. The fourth-order valence-corrected chi connectivity index (χ4v) is 0.643. The number of hydrogen-bond donors (Lipinski definition) is 5. The van der Waals surface area contributed by atoms with Gasteiger partial charge in [0.1, 0.15) is 6.04 Å². The van der Waals surface area contributed by atoms with Gasteiger partial charge in [0.15, 0.2) is 5.96 Å². The SMILES string of the molecule is CCO.NC(N)=NCCCC(N)C(=O)O. The minimum atomic E-state index is -1.00. The lowest BCUT2D eigenvalue weighted by Crippen LogP contribution is -2.30. The average molecular weight is 220 g/mol. The van der Waals surface area contributed by atoms with Gasteiger partial charge in [0.25, 0.3) is 0 Å². The molecule has 7 heteroatoms. The molecule has 1 atom stereocenters. The molecule has 0 saturated carbocycles. The zero-order valence-electron chi connectivity index (χ0n) is 8.89. The number of aliphatic imine (C=N–C) groups is 1. The molecule has 7 nitrogen and oxygen atoms in total. The number of carboxylic acids is 1. The molecular weight excluding hydrogens is 200 g/mol. The van der Waals surface area contributed by atoms with E-state index in [0.717, 1.165) is 0 Å². The third-order valence-corrected chi connectivity index (χ3v) is 1.28. The maximum atomic E-state index is 10.2. The smallest absolute Gasteiger partial charge is 0.320 e. The molecule has 0 saturated heterocycles. The number of carboxylic acid groups (broad SMARTS) is 1. The minimum absolute atomic E-state index is 0.0129. The molecule has 0 amide bonds. The van der Waals surface area contributed by atoms with Crippen LogP contribution in [0, 0.1) is 0 Å². The van der Waals surface area contributed by atoms with Gasteiger partial charge in [0.05, 0.1) is 0 Å². The lowest BCUT2D eigenvalue weighted by atomic mass is 10.2. The largest absolute Gasteiger partial charge is 0.480 e. The standard InChI is InChI=1S/C6H14N4O2.C2H6O/c7-4(5(11)12)2-1-3-10-6(8)9;1-2-3/h4H,1-3,7H2,(H,11,12)(H4,8,9,10);3H,2H2,1H3. The normalized spacial score (nSPS) is 10.9. The van der Waals surface area contributed by atoms with Crippen molar-refractivity contribution in [2.75, 3.05) is 13.2 Å². The number of guanidine groups is 1. The first-order chi connectivity index (χ1) is 6.95. The van der Waals surface area contributed by atoms with Crippen LogP contribution < -0.4 is 17.2 Å². The second kappa shape index (κ2) is 10.7. The summed E-state index contributed by atoms with van der Waals surface area (Å²) in [7, 11) is 0. The van der Waals surface area contributed by atoms with Crippen LogP contribution in [-0.4, -0.2) is 41.3 Å². The van der Waals surface area contributed by atoms with E-state index in [0.29, 0.717) is 19.4 Å². The molecule has 90 valence electrons. The van der Waals surface area contributed by atoms with E-state index in [4.69, 9.17) is 27.4 Å². The number of hydrogen-bond acceptors (Lipinski definition) is 4. The van der Waals surface area contributed by atoms with Gasteiger partial charge in [0, 0.05) is 13.2 Å². The number of nitrogens with zero attached hydrogens (tertiary/aromatic N) is 1. The third kappa shape index (κ3) is 15.4. The summed E-state index contributed by atoms with van der Waals surface area (Å²) >= 11 is 0. The Morgan fingerprint density at radius 3 is 2.27 bits per heavy atom. The van der Waals surface area contributed by atoms with E-state index in [-0.39, 0.29) is 12.6 Å². The number of aliphatic hydroxyl groups is 1. The van der Waals surface area contributed by atoms with E-state index < -0.39 is 12.0 Å². The Morgan fingerprint density at radius 1 is 1.47 bits per heavy atom. The molecule has 0 aliphatic rings. The fourth-order valence-electron chi connectivity index (χ4n) is 0.643. The highest BCUT2D eigenvalue weighted by Crippen LogP contribution is 1.94. The first kappa shape index (κ1) is 16.1. The zero-order valence-corrected chi connectivity index (χ0v) is 8.89. The average Bonchev–Trinajstić information content (AvgIpc) is 2.12. The number of carbonyl (C=O) groups is 1. The molecule has 1 unspecified atom stereocenters. The summed E-state index contributed by atoms with van der Waals surface area (Å²) in [5, 5.41) is 15.9. The second-order valence-corrected chi connectivity index (χ2v) is 2.71. The molecule has 0 heterocycles. The molecule has 0 spiro atoms. The Balaban J connectivity index is 0. The summed E-state index contributed by atoms with van der Waals surface area (Å²) in [5.41, 5.74) is 15.3. The van der Waals surface area contributed by atoms with Crippen molar-refractivity contribution in [3.63, 3.8) is 0 Å². The number of rotatable bonds is 5. The van der Waals surface area contributed by atoms with Crippen LogP contribution >= 0.6 is 0 Å². The van der Waals surface area contributed by atoms with Gasteiger partial charge in [-0.25, -0.2) is 0 Å². The highest BCUT2D eigenvalue weighted by molar-refractivity contribution is 5.75. The maximum absolute atomic E-state index is 10.2. The van der Waals surface area contributed by atoms with Crippen LogP contribution in [0.2, 0.25) is 0 Å². The molecule has 0 rings (SSSR count). The van der Waals surface area contributed by atoms with Crippen LogP contribution in [0.1, 0.15) is 19.8 Å². The van der Waals surface area contributed by atoms with Gasteiger partial charge in [-0.15, -0.1) is 0 Å². The quantitative estimate of drug-likeness (QED) is 0.215. The topological polar surface area (TPSA) is 148 Å². The molecule has 8 N–H and O–H groups in total. The van der Waals surface area contributed by atoms with Gasteiger partial charge in [-0.05, 0) is 19.8 Å².